The van der Waals surface area contributed by atoms with Crippen LogP contribution in [-0.4, -0.2) is 46.2 Å². The zero-order valence-electron chi connectivity index (χ0n) is 16.0. The quantitative estimate of drug-likeness (QED) is 0.588. The summed E-state index contributed by atoms with van der Waals surface area (Å²) in [6.07, 6.45) is 10.2. The monoisotopic (exact) mass is 334 g/mol. The second-order valence-corrected chi connectivity index (χ2v) is 8.11. The van der Waals surface area contributed by atoms with Gasteiger partial charge in [0.15, 0.2) is 0 Å². The molecule has 0 N–H and O–H groups in total. The molecule has 0 spiro atoms. The summed E-state index contributed by atoms with van der Waals surface area (Å²) < 4.78 is 24.0. The van der Waals surface area contributed by atoms with Crippen LogP contribution in [0.4, 0.5) is 0 Å². The lowest BCUT2D eigenvalue weighted by atomic mass is 9.82. The van der Waals surface area contributed by atoms with Crippen molar-refractivity contribution in [2.75, 3.05) is 6.61 Å². The topological polar surface area (TPSA) is 36.9 Å². The number of fused-ring (bicyclic) bond motifs is 2. The molecule has 2 aliphatic heterocycles. The Bertz CT molecular complexity index is 445. The Kier molecular flexibility index (Phi) is 7.17. The maximum atomic E-state index is 6.11. The fourth-order valence-electron chi connectivity index (χ4n) is 3.39. The largest absolute Gasteiger partial charge is 0.461 e. The molecule has 2 aliphatic rings. The Morgan fingerprint density at radius 3 is 2.54 bits per heavy atom. The molecular weight excluding hydrogens is 302 g/mol. The van der Waals surface area contributed by atoms with E-state index < -0.39 is 0 Å². The predicted molar refractivity (Wildman–Crippen MR) is 101 cm³/mol. The Morgan fingerprint density at radius 1 is 1.17 bits per heavy atom. The molecule has 2 heterocycles. The fraction of sp³-hybridized carbons (Fsp3) is 0.778. The average Bonchev–Trinajstić information content (AvgIpc) is 2.88. The van der Waals surface area contributed by atoms with E-state index in [1.807, 2.05) is 0 Å². The zero-order chi connectivity index (χ0) is 17.7. The van der Waals surface area contributed by atoms with Crippen molar-refractivity contribution in [3.05, 3.63) is 24.3 Å². The van der Waals surface area contributed by atoms with E-state index >= 15 is 0 Å². The Hall–Kier alpha value is -0.550. The van der Waals surface area contributed by atoms with Crippen molar-refractivity contribution in [3.63, 3.8) is 0 Å². The summed E-state index contributed by atoms with van der Waals surface area (Å²) in [4.78, 5) is 0. The number of rotatable bonds is 3. The van der Waals surface area contributed by atoms with Crippen molar-refractivity contribution >= 4 is 15.2 Å². The minimum absolute atomic E-state index is 0.00208. The van der Waals surface area contributed by atoms with Crippen molar-refractivity contribution in [1.82, 2.24) is 0 Å². The molecule has 0 amide bonds. The van der Waals surface area contributed by atoms with Crippen LogP contribution in [0.25, 0.3) is 0 Å². The molecule has 0 aromatic heterocycles. The van der Waals surface area contributed by atoms with E-state index in [0.29, 0.717) is 12.5 Å². The van der Waals surface area contributed by atoms with Gasteiger partial charge in [0.25, 0.3) is 8.05 Å². The lowest BCUT2D eigenvalue weighted by Gasteiger charge is -2.35. The number of allylic oxidation sites excluding steroid dienone is 1. The molecule has 0 aromatic carbocycles. The number of hydrogen-bond donors (Lipinski definition) is 0. The normalized spacial score (nSPS) is 32.9. The average molecular weight is 334 g/mol. The molecule has 6 heteroatoms. The highest BCUT2D eigenvalue weighted by Gasteiger charge is 2.39. The first kappa shape index (κ1) is 19.8. The van der Waals surface area contributed by atoms with Crippen LogP contribution in [0.15, 0.2) is 24.3 Å². The van der Waals surface area contributed by atoms with Gasteiger partial charge < -0.3 is 18.7 Å². The first-order valence-corrected chi connectivity index (χ1v) is 9.11. The molecule has 4 unspecified atom stereocenters. The highest BCUT2D eigenvalue weighted by molar-refractivity contribution is 6.45. The van der Waals surface area contributed by atoms with Gasteiger partial charge in [-0.15, -0.1) is 0 Å². The van der Waals surface area contributed by atoms with E-state index in [1.54, 1.807) is 8.05 Å². The van der Waals surface area contributed by atoms with Gasteiger partial charge in [-0.3, -0.25) is 0 Å². The number of ether oxygens (including phenoxy) is 1. The van der Waals surface area contributed by atoms with Gasteiger partial charge in [0.2, 0.25) is 0 Å². The van der Waals surface area contributed by atoms with E-state index in [9.17, 15) is 0 Å². The van der Waals surface area contributed by atoms with Crippen LogP contribution in [0, 0.1) is 11.3 Å². The Balaban J connectivity index is 2.11. The van der Waals surface area contributed by atoms with Crippen molar-refractivity contribution in [2.24, 2.45) is 11.3 Å². The summed E-state index contributed by atoms with van der Waals surface area (Å²) in [6, 6.07) is 0. The zero-order valence-corrected chi connectivity index (χ0v) is 16.0. The summed E-state index contributed by atoms with van der Waals surface area (Å²) in [6.45, 7) is 11.6. The smallest absolute Gasteiger partial charge is 0.438 e. The highest BCUT2D eigenvalue weighted by Crippen LogP contribution is 2.29. The van der Waals surface area contributed by atoms with Crippen LogP contribution in [-0.2, 0) is 18.7 Å². The molecule has 24 heavy (non-hydrogen) atoms. The number of hydrogen-bond acceptors (Lipinski definition) is 4. The van der Waals surface area contributed by atoms with Crippen LogP contribution >= 0.6 is 0 Å². The second kappa shape index (κ2) is 8.70. The van der Waals surface area contributed by atoms with Gasteiger partial charge in [-0.1, -0.05) is 58.9 Å². The summed E-state index contributed by atoms with van der Waals surface area (Å²) in [5, 5.41) is 0. The molecule has 4 nitrogen and oxygen atoms in total. The summed E-state index contributed by atoms with van der Waals surface area (Å²) >= 11 is 0. The molecule has 4 atom stereocenters. The van der Waals surface area contributed by atoms with Gasteiger partial charge in [-0.2, -0.15) is 0 Å². The second-order valence-electron chi connectivity index (χ2n) is 8.11. The molecule has 0 aliphatic carbocycles. The Morgan fingerprint density at radius 2 is 1.92 bits per heavy atom. The van der Waals surface area contributed by atoms with Gasteiger partial charge >= 0.3 is 7.12 Å². The third kappa shape index (κ3) is 5.22. The van der Waals surface area contributed by atoms with Crippen LogP contribution in [0.3, 0.4) is 0 Å². The van der Waals surface area contributed by atoms with Gasteiger partial charge in [0.05, 0.1) is 24.9 Å². The van der Waals surface area contributed by atoms with E-state index in [-0.39, 0.29) is 36.9 Å². The lowest BCUT2D eigenvalue weighted by Crippen LogP contribution is -2.40. The van der Waals surface area contributed by atoms with Crippen LogP contribution < -0.4 is 0 Å². The molecule has 2 rings (SSSR count). The third-order valence-corrected chi connectivity index (χ3v) is 4.58. The summed E-state index contributed by atoms with van der Waals surface area (Å²) in [7, 11) is 1.57. The molecule has 0 radical (unpaired) electrons. The minimum Gasteiger partial charge on any atom is -0.438 e. The minimum atomic E-state index is -0.181. The van der Waals surface area contributed by atoms with Crippen LogP contribution in [0.1, 0.15) is 41.0 Å². The standard InChI is InChI=1S/C18H32B2O4/c1-13(2)16-14-9-6-7-12-21-15(17(22-19)18(3,4)5)10-8-11-20(23-14)24-16/h6,8-10,13-17H,7,11-12,19H2,1-5H3/b9-6+,10-8+. The van der Waals surface area contributed by atoms with Gasteiger partial charge in [0.1, 0.15) is 6.10 Å². The van der Waals surface area contributed by atoms with E-state index in [4.69, 9.17) is 18.7 Å². The maximum Gasteiger partial charge on any atom is 0.461 e. The van der Waals surface area contributed by atoms with Crippen molar-refractivity contribution in [2.45, 2.75) is 71.8 Å². The molecular formula is C18H32B2O4. The Labute approximate surface area is 148 Å². The fourth-order valence-corrected chi connectivity index (χ4v) is 3.39. The maximum absolute atomic E-state index is 6.11. The molecule has 134 valence electrons. The predicted octanol–water partition coefficient (Wildman–Crippen LogP) is 2.80. The van der Waals surface area contributed by atoms with Crippen molar-refractivity contribution in [1.29, 1.82) is 0 Å². The van der Waals surface area contributed by atoms with E-state index in [1.165, 1.54) is 0 Å². The van der Waals surface area contributed by atoms with Gasteiger partial charge in [-0.25, -0.2) is 0 Å². The van der Waals surface area contributed by atoms with Crippen LogP contribution in [0.2, 0.25) is 6.32 Å². The summed E-state index contributed by atoms with van der Waals surface area (Å²) in [5.74, 6) is 0.432. The highest BCUT2D eigenvalue weighted by atomic mass is 16.7. The summed E-state index contributed by atoms with van der Waals surface area (Å²) in [5.41, 5.74) is 0.00482. The third-order valence-electron chi connectivity index (χ3n) is 4.58. The first-order valence-electron chi connectivity index (χ1n) is 9.11. The first-order chi connectivity index (χ1) is 11.3. The molecule has 1 saturated heterocycles. The van der Waals surface area contributed by atoms with Crippen LogP contribution in [0.5, 0.6) is 0 Å². The van der Waals surface area contributed by atoms with Crippen molar-refractivity contribution in [3.8, 4) is 0 Å². The van der Waals surface area contributed by atoms with E-state index in [2.05, 4.69) is 58.9 Å². The van der Waals surface area contributed by atoms with Gasteiger partial charge in [0, 0.05) is 6.32 Å². The van der Waals surface area contributed by atoms with E-state index in [0.717, 1.165) is 12.7 Å². The molecule has 0 saturated carbocycles. The molecule has 2 bridgehead atoms. The van der Waals surface area contributed by atoms with Crippen molar-refractivity contribution < 1.29 is 18.7 Å². The van der Waals surface area contributed by atoms with Gasteiger partial charge in [-0.05, 0) is 17.8 Å². The molecule has 0 aromatic rings. The molecule has 1 fully saturated rings. The SMILES string of the molecule is BOC(C1/C=C/CB2OC(/C=C/CCO1)C(C(C)C)O2)C(C)(C)C. The lowest BCUT2D eigenvalue weighted by molar-refractivity contribution is -0.0403.